The highest BCUT2D eigenvalue weighted by Gasteiger charge is 2.16. The van der Waals surface area contributed by atoms with E-state index in [9.17, 15) is 13.5 Å². The van der Waals surface area contributed by atoms with Gasteiger partial charge in [-0.1, -0.05) is 13.0 Å². The van der Waals surface area contributed by atoms with Crippen molar-refractivity contribution in [3.63, 3.8) is 0 Å². The molecule has 30 heavy (non-hydrogen) atoms. The number of aromatic nitrogens is 2. The molecule has 2 aromatic heterocycles. The Hall–Kier alpha value is -2.47. The molecule has 0 spiro atoms. The summed E-state index contributed by atoms with van der Waals surface area (Å²) in [5, 5.41) is 15.5. The predicted molar refractivity (Wildman–Crippen MR) is 117 cm³/mol. The maximum atomic E-state index is 12.6. The normalized spacial score (nSPS) is 12.5. The first kappa shape index (κ1) is 22.2. The van der Waals surface area contributed by atoms with Crippen molar-refractivity contribution in [1.29, 1.82) is 0 Å². The number of anilines is 3. The highest BCUT2D eigenvalue weighted by atomic mass is 79.9. The van der Waals surface area contributed by atoms with Crippen LogP contribution in [-0.2, 0) is 16.6 Å². The van der Waals surface area contributed by atoms with Gasteiger partial charge in [0.25, 0.3) is 0 Å². The summed E-state index contributed by atoms with van der Waals surface area (Å²) in [6.45, 7) is 1.98. The number of benzene rings is 1. The lowest BCUT2D eigenvalue weighted by Gasteiger charge is -2.16. The van der Waals surface area contributed by atoms with E-state index in [-0.39, 0.29) is 30.0 Å². The lowest BCUT2D eigenvalue weighted by atomic mass is 10.2. The first-order valence-electron chi connectivity index (χ1n) is 9.20. The maximum absolute atomic E-state index is 12.6. The van der Waals surface area contributed by atoms with Crippen molar-refractivity contribution in [3.05, 3.63) is 59.1 Å². The van der Waals surface area contributed by atoms with Gasteiger partial charge in [0, 0.05) is 11.9 Å². The van der Waals surface area contributed by atoms with Crippen molar-refractivity contribution in [3.8, 4) is 0 Å². The highest BCUT2D eigenvalue weighted by Crippen LogP contribution is 2.24. The fourth-order valence-electron chi connectivity index (χ4n) is 2.53. The Bertz CT molecular complexity index is 1070. The second-order valence-electron chi connectivity index (χ2n) is 6.38. The molecule has 1 aromatic carbocycles. The molecule has 2 heterocycles. The van der Waals surface area contributed by atoms with E-state index in [4.69, 9.17) is 4.42 Å². The van der Waals surface area contributed by atoms with Crippen molar-refractivity contribution < 1.29 is 17.9 Å². The molecule has 0 aliphatic heterocycles. The Morgan fingerprint density at radius 3 is 2.80 bits per heavy atom. The zero-order valence-corrected chi connectivity index (χ0v) is 18.6. The van der Waals surface area contributed by atoms with Crippen LogP contribution in [0.2, 0.25) is 0 Å². The standard InChI is InChI=1S/C19H22BrN5O4S/c1-2-13(12-26)23-18-17(20)11-21-19(25-18)24-14-5-3-7-16(9-14)30(27,28)22-10-15-6-4-8-29-15/h3-9,11,13,22,26H,2,10,12H2,1H3,(H2,21,23,24,25)/t13-/m1/s1. The minimum atomic E-state index is -3.73. The predicted octanol–water partition coefficient (Wildman–Crippen LogP) is 3.24. The third kappa shape index (κ3) is 5.79. The van der Waals surface area contributed by atoms with Crippen LogP contribution in [0.4, 0.5) is 17.5 Å². The molecule has 3 rings (SSSR count). The SMILES string of the molecule is CC[C@H](CO)Nc1nc(Nc2cccc(S(=O)(=O)NCc3ccco3)c2)ncc1Br. The summed E-state index contributed by atoms with van der Waals surface area (Å²) in [6, 6.07) is 9.57. The first-order valence-corrected chi connectivity index (χ1v) is 11.5. The van der Waals surface area contributed by atoms with Gasteiger partial charge in [-0.15, -0.1) is 0 Å². The first-order chi connectivity index (χ1) is 14.4. The molecule has 0 amide bonds. The third-order valence-corrected chi connectivity index (χ3v) is 6.19. The molecule has 0 aliphatic rings. The van der Waals surface area contributed by atoms with Crippen molar-refractivity contribution in [2.45, 2.75) is 30.8 Å². The zero-order valence-electron chi connectivity index (χ0n) is 16.2. The monoisotopic (exact) mass is 495 g/mol. The number of nitrogens with zero attached hydrogens (tertiary/aromatic N) is 2. The second-order valence-corrected chi connectivity index (χ2v) is 9.00. The Labute approximate surface area is 183 Å². The molecule has 0 radical (unpaired) electrons. The van der Waals surface area contributed by atoms with Crippen molar-refractivity contribution in [1.82, 2.24) is 14.7 Å². The number of nitrogens with one attached hydrogen (secondary N) is 3. The number of furan rings is 1. The average molecular weight is 496 g/mol. The smallest absolute Gasteiger partial charge is 0.241 e. The number of halogens is 1. The van der Waals surface area contributed by atoms with Gasteiger partial charge in [-0.05, 0) is 52.7 Å². The topological polar surface area (TPSA) is 129 Å². The molecular weight excluding hydrogens is 474 g/mol. The lowest BCUT2D eigenvalue weighted by Crippen LogP contribution is -2.23. The van der Waals surface area contributed by atoms with E-state index in [1.165, 1.54) is 18.4 Å². The Morgan fingerprint density at radius 1 is 1.27 bits per heavy atom. The second kappa shape index (κ2) is 10.0. The minimum Gasteiger partial charge on any atom is -0.468 e. The van der Waals surface area contributed by atoms with E-state index in [1.807, 2.05) is 6.92 Å². The molecule has 9 nitrogen and oxygen atoms in total. The van der Waals surface area contributed by atoms with Crippen LogP contribution in [0.5, 0.6) is 0 Å². The molecule has 4 N–H and O–H groups in total. The van der Waals surface area contributed by atoms with Gasteiger partial charge < -0.3 is 20.2 Å². The zero-order chi connectivity index (χ0) is 21.6. The van der Waals surface area contributed by atoms with E-state index < -0.39 is 10.0 Å². The van der Waals surface area contributed by atoms with Crippen LogP contribution in [0, 0.1) is 0 Å². The van der Waals surface area contributed by atoms with Gasteiger partial charge >= 0.3 is 0 Å². The number of hydrogen-bond acceptors (Lipinski definition) is 8. The van der Waals surface area contributed by atoms with Gasteiger partial charge in [-0.25, -0.2) is 18.1 Å². The summed E-state index contributed by atoms with van der Waals surface area (Å²) in [6.07, 6.45) is 3.78. The molecular formula is C19H22BrN5O4S. The summed E-state index contributed by atoms with van der Waals surface area (Å²) in [5.41, 5.74) is 0.512. The van der Waals surface area contributed by atoms with E-state index in [0.29, 0.717) is 21.7 Å². The van der Waals surface area contributed by atoms with Crippen LogP contribution in [0.25, 0.3) is 0 Å². The fourth-order valence-corrected chi connectivity index (χ4v) is 3.88. The molecule has 0 saturated heterocycles. The summed E-state index contributed by atoms with van der Waals surface area (Å²) in [4.78, 5) is 8.70. The molecule has 0 unspecified atom stereocenters. The molecule has 160 valence electrons. The number of sulfonamides is 1. The summed E-state index contributed by atoms with van der Waals surface area (Å²) in [5.74, 6) is 1.33. The highest BCUT2D eigenvalue weighted by molar-refractivity contribution is 9.10. The third-order valence-electron chi connectivity index (χ3n) is 4.22. The van der Waals surface area contributed by atoms with Crippen LogP contribution < -0.4 is 15.4 Å². The van der Waals surface area contributed by atoms with Crippen LogP contribution >= 0.6 is 15.9 Å². The van der Waals surface area contributed by atoms with Gasteiger partial charge in [0.2, 0.25) is 16.0 Å². The summed E-state index contributed by atoms with van der Waals surface area (Å²) >= 11 is 3.38. The number of aliphatic hydroxyl groups is 1. The van der Waals surface area contributed by atoms with Crippen LogP contribution in [0.15, 0.2) is 62.6 Å². The van der Waals surface area contributed by atoms with Gasteiger partial charge in [-0.3, -0.25) is 0 Å². The Balaban J connectivity index is 1.75. The van der Waals surface area contributed by atoms with Crippen molar-refractivity contribution in [2.75, 3.05) is 17.2 Å². The molecule has 3 aromatic rings. The molecule has 1 atom stereocenters. The molecule has 0 aliphatic carbocycles. The minimum absolute atomic E-state index is 0.0272. The Kier molecular flexibility index (Phi) is 7.43. The van der Waals surface area contributed by atoms with Gasteiger partial charge in [0.05, 0.1) is 34.8 Å². The average Bonchev–Trinajstić information content (AvgIpc) is 3.27. The fraction of sp³-hybridized carbons (Fsp3) is 0.263. The van der Waals surface area contributed by atoms with E-state index in [1.54, 1.807) is 30.5 Å². The largest absolute Gasteiger partial charge is 0.468 e. The maximum Gasteiger partial charge on any atom is 0.241 e. The summed E-state index contributed by atoms with van der Waals surface area (Å²) < 4.78 is 33.4. The summed E-state index contributed by atoms with van der Waals surface area (Å²) in [7, 11) is -3.73. The van der Waals surface area contributed by atoms with E-state index in [2.05, 4.69) is 41.3 Å². The van der Waals surface area contributed by atoms with E-state index >= 15 is 0 Å². The molecule has 0 bridgehead atoms. The number of hydrogen-bond donors (Lipinski definition) is 4. The Morgan fingerprint density at radius 2 is 2.10 bits per heavy atom. The van der Waals surface area contributed by atoms with Crippen LogP contribution in [0.1, 0.15) is 19.1 Å². The van der Waals surface area contributed by atoms with Gasteiger partial charge in [0.1, 0.15) is 11.6 Å². The molecule has 0 saturated carbocycles. The van der Waals surface area contributed by atoms with Gasteiger partial charge in [-0.2, -0.15) is 4.98 Å². The quantitative estimate of drug-likeness (QED) is 0.337. The number of rotatable bonds is 10. The van der Waals surface area contributed by atoms with Crippen LogP contribution in [-0.4, -0.2) is 36.1 Å². The van der Waals surface area contributed by atoms with Crippen molar-refractivity contribution in [2.24, 2.45) is 0 Å². The van der Waals surface area contributed by atoms with Crippen molar-refractivity contribution >= 4 is 43.4 Å². The van der Waals surface area contributed by atoms with E-state index in [0.717, 1.165) is 6.42 Å². The lowest BCUT2D eigenvalue weighted by molar-refractivity contribution is 0.271. The molecule has 11 heteroatoms. The number of aliphatic hydroxyl groups excluding tert-OH is 1. The van der Waals surface area contributed by atoms with Crippen LogP contribution in [0.3, 0.4) is 0 Å². The molecule has 0 fully saturated rings. The van der Waals surface area contributed by atoms with Gasteiger partial charge in [0.15, 0.2) is 0 Å².